The van der Waals surface area contributed by atoms with Crippen LogP contribution in [0, 0.1) is 11.8 Å². The van der Waals surface area contributed by atoms with E-state index in [1.54, 1.807) is 7.11 Å². The van der Waals surface area contributed by atoms with E-state index >= 15 is 0 Å². The Labute approximate surface area is 119 Å². The van der Waals surface area contributed by atoms with Crippen LogP contribution in [0.15, 0.2) is 0 Å². The number of ether oxygens (including phenoxy) is 1. The second-order valence-electron chi connectivity index (χ2n) is 6.42. The van der Waals surface area contributed by atoms with Crippen molar-refractivity contribution in [3.63, 3.8) is 0 Å². The highest BCUT2D eigenvalue weighted by Gasteiger charge is 2.41. The standard InChI is InChI=1S/C17H32O2/c1-5-7-8-15(6-2)13-16(18)17(19-4)11-9-14(3)10-12-17/h14-15H,5-13H2,1-4H3. The number of methoxy groups -OCH3 is 1. The van der Waals surface area contributed by atoms with Crippen molar-refractivity contribution < 1.29 is 9.53 Å². The average Bonchev–Trinajstić information content (AvgIpc) is 2.44. The predicted octanol–water partition coefficient (Wildman–Crippen LogP) is 4.76. The molecule has 1 rings (SSSR count). The van der Waals surface area contributed by atoms with E-state index in [9.17, 15) is 4.79 Å². The van der Waals surface area contributed by atoms with E-state index in [1.807, 2.05) is 0 Å². The summed E-state index contributed by atoms with van der Waals surface area (Å²) in [6.45, 7) is 6.70. The van der Waals surface area contributed by atoms with Gasteiger partial charge in [0.05, 0.1) is 0 Å². The summed E-state index contributed by atoms with van der Waals surface area (Å²) >= 11 is 0. The molecule has 1 unspecified atom stereocenters. The Bertz CT molecular complexity index is 264. The van der Waals surface area contributed by atoms with Crippen LogP contribution in [-0.4, -0.2) is 18.5 Å². The van der Waals surface area contributed by atoms with Crippen molar-refractivity contribution in [3.8, 4) is 0 Å². The van der Waals surface area contributed by atoms with Crippen molar-refractivity contribution in [1.29, 1.82) is 0 Å². The van der Waals surface area contributed by atoms with Crippen LogP contribution < -0.4 is 0 Å². The van der Waals surface area contributed by atoms with E-state index in [1.165, 1.54) is 19.3 Å². The van der Waals surface area contributed by atoms with Gasteiger partial charge in [0.1, 0.15) is 5.60 Å². The van der Waals surface area contributed by atoms with E-state index in [0.717, 1.165) is 44.4 Å². The molecule has 1 atom stereocenters. The Morgan fingerprint density at radius 2 is 1.95 bits per heavy atom. The molecule has 112 valence electrons. The SMILES string of the molecule is CCCCC(CC)CC(=O)C1(OC)CCC(C)CC1. The van der Waals surface area contributed by atoms with E-state index in [0.29, 0.717) is 11.7 Å². The normalized spacial score (nSPS) is 29.2. The van der Waals surface area contributed by atoms with E-state index in [4.69, 9.17) is 4.74 Å². The first-order valence-corrected chi connectivity index (χ1v) is 8.16. The van der Waals surface area contributed by atoms with Gasteiger partial charge in [0, 0.05) is 13.5 Å². The molecule has 0 aromatic carbocycles. The predicted molar refractivity (Wildman–Crippen MR) is 80.3 cm³/mol. The lowest BCUT2D eigenvalue weighted by molar-refractivity contribution is -0.147. The molecule has 2 heteroatoms. The number of ketones is 1. The van der Waals surface area contributed by atoms with Gasteiger partial charge in [-0.05, 0) is 37.5 Å². The van der Waals surface area contributed by atoms with Crippen molar-refractivity contribution in [2.24, 2.45) is 11.8 Å². The molecule has 1 saturated carbocycles. The zero-order chi connectivity index (χ0) is 14.3. The first-order chi connectivity index (χ1) is 9.07. The van der Waals surface area contributed by atoms with Crippen LogP contribution in [0.1, 0.15) is 78.6 Å². The molecule has 0 amide bonds. The largest absolute Gasteiger partial charge is 0.370 e. The van der Waals surface area contributed by atoms with Crippen molar-refractivity contribution in [2.75, 3.05) is 7.11 Å². The average molecular weight is 268 g/mol. The number of carbonyl (C=O) groups excluding carboxylic acids is 1. The monoisotopic (exact) mass is 268 g/mol. The maximum absolute atomic E-state index is 12.7. The molecule has 0 spiro atoms. The number of rotatable bonds is 8. The Kier molecular flexibility index (Phi) is 7.06. The maximum atomic E-state index is 12.7. The Hall–Kier alpha value is -0.370. The second kappa shape index (κ2) is 8.04. The maximum Gasteiger partial charge on any atom is 0.164 e. The molecule has 0 heterocycles. The Morgan fingerprint density at radius 1 is 1.32 bits per heavy atom. The minimum atomic E-state index is -0.452. The summed E-state index contributed by atoms with van der Waals surface area (Å²) in [5, 5.41) is 0. The summed E-state index contributed by atoms with van der Waals surface area (Å²) in [5.41, 5.74) is -0.452. The molecule has 0 radical (unpaired) electrons. The van der Waals surface area contributed by atoms with Crippen molar-refractivity contribution in [1.82, 2.24) is 0 Å². The highest BCUT2D eigenvalue weighted by Crippen LogP contribution is 2.37. The smallest absolute Gasteiger partial charge is 0.164 e. The lowest BCUT2D eigenvalue weighted by Gasteiger charge is -2.37. The summed E-state index contributed by atoms with van der Waals surface area (Å²) in [6, 6.07) is 0. The molecule has 0 aromatic rings. The summed E-state index contributed by atoms with van der Waals surface area (Å²) < 4.78 is 5.69. The molecule has 0 aliphatic heterocycles. The van der Waals surface area contributed by atoms with Crippen molar-refractivity contribution in [2.45, 2.75) is 84.2 Å². The summed E-state index contributed by atoms with van der Waals surface area (Å²) in [7, 11) is 1.72. The minimum absolute atomic E-state index is 0.366. The van der Waals surface area contributed by atoms with Crippen molar-refractivity contribution >= 4 is 5.78 Å². The van der Waals surface area contributed by atoms with E-state index in [-0.39, 0.29) is 0 Å². The molecule has 0 aromatic heterocycles. The zero-order valence-electron chi connectivity index (χ0n) is 13.3. The highest BCUT2D eigenvalue weighted by atomic mass is 16.5. The summed E-state index contributed by atoms with van der Waals surface area (Å²) in [4.78, 5) is 12.7. The van der Waals surface area contributed by atoms with Gasteiger partial charge in [-0.25, -0.2) is 0 Å². The molecule has 1 aliphatic carbocycles. The van der Waals surface area contributed by atoms with Gasteiger partial charge in [-0.2, -0.15) is 0 Å². The molecule has 0 bridgehead atoms. The third-order valence-electron chi connectivity index (χ3n) is 5.00. The first-order valence-electron chi connectivity index (χ1n) is 8.16. The molecule has 19 heavy (non-hydrogen) atoms. The van der Waals surface area contributed by atoms with Crippen LogP contribution in [0.5, 0.6) is 0 Å². The van der Waals surface area contributed by atoms with Gasteiger partial charge in [0.2, 0.25) is 0 Å². The number of Topliss-reactive ketones (excluding diaryl/α,β-unsaturated/α-hetero) is 1. The van der Waals surface area contributed by atoms with Crippen LogP contribution >= 0.6 is 0 Å². The van der Waals surface area contributed by atoms with Crippen LogP contribution in [0.3, 0.4) is 0 Å². The first kappa shape index (κ1) is 16.7. The van der Waals surface area contributed by atoms with Gasteiger partial charge in [-0.3, -0.25) is 4.79 Å². The van der Waals surface area contributed by atoms with Gasteiger partial charge in [0.15, 0.2) is 5.78 Å². The fraction of sp³-hybridized carbons (Fsp3) is 0.941. The molecule has 1 fully saturated rings. The van der Waals surface area contributed by atoms with Gasteiger partial charge < -0.3 is 4.74 Å². The van der Waals surface area contributed by atoms with Gasteiger partial charge in [-0.1, -0.05) is 46.5 Å². The summed E-state index contributed by atoms with van der Waals surface area (Å²) in [6.07, 6.45) is 9.59. The zero-order valence-corrected chi connectivity index (χ0v) is 13.3. The van der Waals surface area contributed by atoms with Gasteiger partial charge in [-0.15, -0.1) is 0 Å². The van der Waals surface area contributed by atoms with Gasteiger partial charge in [0.25, 0.3) is 0 Å². The molecule has 0 saturated heterocycles. The topological polar surface area (TPSA) is 26.3 Å². The second-order valence-corrected chi connectivity index (χ2v) is 6.42. The third kappa shape index (κ3) is 4.59. The fourth-order valence-corrected chi connectivity index (χ4v) is 3.22. The molecular formula is C17H32O2. The number of carbonyl (C=O) groups is 1. The van der Waals surface area contributed by atoms with Crippen LogP contribution in [-0.2, 0) is 9.53 Å². The number of unbranched alkanes of at least 4 members (excludes halogenated alkanes) is 1. The quantitative estimate of drug-likeness (QED) is 0.634. The minimum Gasteiger partial charge on any atom is -0.370 e. The fourth-order valence-electron chi connectivity index (χ4n) is 3.22. The summed E-state index contributed by atoms with van der Waals surface area (Å²) in [5.74, 6) is 1.67. The third-order valence-corrected chi connectivity index (χ3v) is 5.00. The number of hydrogen-bond acceptors (Lipinski definition) is 2. The van der Waals surface area contributed by atoms with Crippen LogP contribution in [0.4, 0.5) is 0 Å². The van der Waals surface area contributed by atoms with E-state index < -0.39 is 5.60 Å². The lowest BCUT2D eigenvalue weighted by Crippen LogP contribution is -2.44. The Balaban J connectivity index is 2.57. The van der Waals surface area contributed by atoms with Crippen molar-refractivity contribution in [3.05, 3.63) is 0 Å². The molecular weight excluding hydrogens is 236 g/mol. The number of hydrogen-bond donors (Lipinski definition) is 0. The molecule has 1 aliphatic rings. The van der Waals surface area contributed by atoms with E-state index in [2.05, 4.69) is 20.8 Å². The van der Waals surface area contributed by atoms with Crippen LogP contribution in [0.2, 0.25) is 0 Å². The lowest BCUT2D eigenvalue weighted by atomic mass is 9.74. The van der Waals surface area contributed by atoms with Gasteiger partial charge >= 0.3 is 0 Å². The molecule has 0 N–H and O–H groups in total. The Morgan fingerprint density at radius 3 is 2.42 bits per heavy atom. The highest BCUT2D eigenvalue weighted by molar-refractivity contribution is 5.87. The molecule has 2 nitrogen and oxygen atoms in total. The van der Waals surface area contributed by atoms with Crippen LogP contribution in [0.25, 0.3) is 0 Å².